The van der Waals surface area contributed by atoms with E-state index in [1.165, 1.54) is 0 Å². The number of rotatable bonds is 2. The summed E-state index contributed by atoms with van der Waals surface area (Å²) in [7, 11) is 0. The lowest BCUT2D eigenvalue weighted by molar-refractivity contribution is 0.365. The van der Waals surface area contributed by atoms with Crippen molar-refractivity contribution in [2.75, 3.05) is 18.4 Å². The van der Waals surface area contributed by atoms with Gasteiger partial charge in [-0.05, 0) is 51.1 Å². The molecule has 17 heavy (non-hydrogen) atoms. The number of halogens is 1. The molecule has 0 saturated carbocycles. The smallest absolute Gasteiger partial charge is 0.0992 e. The van der Waals surface area contributed by atoms with Crippen LogP contribution in [0.15, 0.2) is 22.7 Å². The van der Waals surface area contributed by atoms with E-state index in [0.29, 0.717) is 5.56 Å². The van der Waals surface area contributed by atoms with Gasteiger partial charge in [0.05, 0.1) is 11.6 Å². The molecule has 0 amide bonds. The van der Waals surface area contributed by atoms with E-state index < -0.39 is 0 Å². The van der Waals surface area contributed by atoms with Crippen molar-refractivity contribution in [1.29, 1.82) is 5.26 Å². The third kappa shape index (κ3) is 3.21. The Morgan fingerprint density at radius 2 is 2.06 bits per heavy atom. The molecule has 1 fully saturated rings. The van der Waals surface area contributed by atoms with E-state index in [-0.39, 0.29) is 5.54 Å². The summed E-state index contributed by atoms with van der Waals surface area (Å²) in [6.45, 7) is 4.33. The van der Waals surface area contributed by atoms with Gasteiger partial charge in [0, 0.05) is 15.7 Å². The Morgan fingerprint density at radius 3 is 2.71 bits per heavy atom. The maximum absolute atomic E-state index is 8.95. The summed E-state index contributed by atoms with van der Waals surface area (Å²) in [6.07, 6.45) is 2.20. The van der Waals surface area contributed by atoms with Crippen LogP contribution in [0.25, 0.3) is 0 Å². The van der Waals surface area contributed by atoms with Gasteiger partial charge in [-0.3, -0.25) is 0 Å². The van der Waals surface area contributed by atoms with Crippen LogP contribution in [0.2, 0.25) is 0 Å². The first kappa shape index (κ1) is 12.4. The van der Waals surface area contributed by atoms with Gasteiger partial charge in [-0.1, -0.05) is 15.9 Å². The van der Waals surface area contributed by atoms with Gasteiger partial charge in [0.15, 0.2) is 0 Å². The highest BCUT2D eigenvalue weighted by Crippen LogP contribution is 2.26. The highest BCUT2D eigenvalue weighted by Gasteiger charge is 2.26. The minimum Gasteiger partial charge on any atom is -0.380 e. The van der Waals surface area contributed by atoms with E-state index in [9.17, 15) is 0 Å². The molecular weight excluding hydrogens is 278 g/mol. The zero-order chi connectivity index (χ0) is 12.3. The first-order chi connectivity index (χ1) is 8.11. The van der Waals surface area contributed by atoms with E-state index >= 15 is 0 Å². The van der Waals surface area contributed by atoms with Crippen LogP contribution in [-0.2, 0) is 0 Å². The Hall–Kier alpha value is -1.05. The molecule has 1 heterocycles. The summed E-state index contributed by atoms with van der Waals surface area (Å²) >= 11 is 3.43. The van der Waals surface area contributed by atoms with Crippen molar-refractivity contribution in [2.45, 2.75) is 25.3 Å². The number of piperidine rings is 1. The van der Waals surface area contributed by atoms with Crippen LogP contribution in [-0.4, -0.2) is 18.6 Å². The van der Waals surface area contributed by atoms with Gasteiger partial charge < -0.3 is 10.6 Å². The molecule has 1 saturated heterocycles. The molecule has 1 aliphatic heterocycles. The molecule has 1 aromatic rings. The van der Waals surface area contributed by atoms with Crippen molar-refractivity contribution in [3.05, 3.63) is 28.2 Å². The minimum absolute atomic E-state index is 0.124. The van der Waals surface area contributed by atoms with Gasteiger partial charge in [-0.15, -0.1) is 0 Å². The average molecular weight is 294 g/mol. The molecule has 2 N–H and O–H groups in total. The van der Waals surface area contributed by atoms with Crippen LogP contribution in [0.5, 0.6) is 0 Å². The normalized spacial score (nSPS) is 18.4. The fourth-order valence-corrected chi connectivity index (χ4v) is 2.67. The molecule has 0 atom stereocenters. The van der Waals surface area contributed by atoms with Crippen molar-refractivity contribution >= 4 is 21.6 Å². The van der Waals surface area contributed by atoms with Gasteiger partial charge in [0.1, 0.15) is 0 Å². The van der Waals surface area contributed by atoms with Crippen molar-refractivity contribution in [1.82, 2.24) is 5.32 Å². The molecule has 0 spiro atoms. The fourth-order valence-electron chi connectivity index (χ4n) is 2.18. The molecule has 3 nitrogen and oxygen atoms in total. The summed E-state index contributed by atoms with van der Waals surface area (Å²) in [5.41, 5.74) is 1.82. The number of nitriles is 1. The molecule has 1 aliphatic rings. The van der Waals surface area contributed by atoms with Gasteiger partial charge in [0.2, 0.25) is 0 Å². The van der Waals surface area contributed by atoms with Crippen molar-refractivity contribution in [3.8, 4) is 6.07 Å². The van der Waals surface area contributed by atoms with Crippen molar-refractivity contribution < 1.29 is 0 Å². The van der Waals surface area contributed by atoms with E-state index in [1.807, 2.05) is 18.2 Å². The number of nitrogens with zero attached hydrogens (tertiary/aromatic N) is 1. The lowest BCUT2D eigenvalue weighted by Gasteiger charge is -2.36. The minimum atomic E-state index is 0.124. The van der Waals surface area contributed by atoms with Crippen molar-refractivity contribution in [2.24, 2.45) is 0 Å². The fraction of sp³-hybridized carbons (Fsp3) is 0.462. The van der Waals surface area contributed by atoms with Crippen LogP contribution in [0.1, 0.15) is 25.3 Å². The monoisotopic (exact) mass is 293 g/mol. The maximum atomic E-state index is 8.95. The second-order valence-corrected chi connectivity index (χ2v) is 5.69. The van der Waals surface area contributed by atoms with Gasteiger partial charge in [0.25, 0.3) is 0 Å². The molecule has 1 aromatic carbocycles. The van der Waals surface area contributed by atoms with Gasteiger partial charge in [-0.25, -0.2) is 0 Å². The lowest BCUT2D eigenvalue weighted by Crippen LogP contribution is -2.45. The van der Waals surface area contributed by atoms with E-state index in [0.717, 1.165) is 36.1 Å². The zero-order valence-electron chi connectivity index (χ0n) is 9.89. The summed E-state index contributed by atoms with van der Waals surface area (Å²) in [4.78, 5) is 0. The Kier molecular flexibility index (Phi) is 3.70. The largest absolute Gasteiger partial charge is 0.380 e. The highest BCUT2D eigenvalue weighted by molar-refractivity contribution is 9.10. The SMILES string of the molecule is CC1(Nc2cc(Br)cc(C#N)c2)CCNCC1. The summed E-state index contributed by atoms with van der Waals surface area (Å²) < 4.78 is 0.941. The summed E-state index contributed by atoms with van der Waals surface area (Å²) in [5.74, 6) is 0. The molecule has 2 rings (SSSR count). The summed E-state index contributed by atoms with van der Waals surface area (Å²) in [6, 6.07) is 7.93. The molecule has 0 radical (unpaired) electrons. The number of hydrogen-bond donors (Lipinski definition) is 2. The Morgan fingerprint density at radius 1 is 1.35 bits per heavy atom. The first-order valence-electron chi connectivity index (χ1n) is 5.81. The zero-order valence-corrected chi connectivity index (χ0v) is 11.5. The lowest BCUT2D eigenvalue weighted by atomic mass is 9.90. The second-order valence-electron chi connectivity index (χ2n) is 4.78. The third-order valence-electron chi connectivity index (χ3n) is 3.18. The molecular formula is C13H16BrN3. The van der Waals surface area contributed by atoms with Crippen LogP contribution in [0.4, 0.5) is 5.69 Å². The second kappa shape index (κ2) is 5.07. The van der Waals surface area contributed by atoms with E-state index in [4.69, 9.17) is 5.26 Å². The van der Waals surface area contributed by atoms with Crippen LogP contribution in [0, 0.1) is 11.3 Å². The molecule has 0 unspecified atom stereocenters. The van der Waals surface area contributed by atoms with Crippen LogP contribution < -0.4 is 10.6 Å². The van der Waals surface area contributed by atoms with E-state index in [2.05, 4.69) is 39.6 Å². The average Bonchev–Trinajstić information content (AvgIpc) is 2.28. The highest BCUT2D eigenvalue weighted by atomic mass is 79.9. The van der Waals surface area contributed by atoms with Crippen LogP contribution in [0.3, 0.4) is 0 Å². The topological polar surface area (TPSA) is 47.9 Å². The molecule has 0 bridgehead atoms. The quantitative estimate of drug-likeness (QED) is 0.881. The molecule has 0 aromatic heterocycles. The Labute approximate surface area is 110 Å². The predicted molar refractivity (Wildman–Crippen MR) is 73.0 cm³/mol. The Balaban J connectivity index is 2.17. The number of anilines is 1. The van der Waals surface area contributed by atoms with Crippen molar-refractivity contribution in [3.63, 3.8) is 0 Å². The number of benzene rings is 1. The standard InChI is InChI=1S/C13H16BrN3/c1-13(2-4-16-5-3-13)17-12-7-10(9-15)6-11(14)8-12/h6-8,16-17H,2-5H2,1H3. The van der Waals surface area contributed by atoms with Crippen LogP contribution >= 0.6 is 15.9 Å². The summed E-state index contributed by atoms with van der Waals surface area (Å²) in [5, 5.41) is 15.9. The van der Waals surface area contributed by atoms with Gasteiger partial charge >= 0.3 is 0 Å². The molecule has 0 aliphatic carbocycles. The first-order valence-corrected chi connectivity index (χ1v) is 6.60. The van der Waals surface area contributed by atoms with E-state index in [1.54, 1.807) is 0 Å². The molecule has 4 heteroatoms. The molecule has 90 valence electrons. The Bertz CT molecular complexity index is 444. The predicted octanol–water partition coefficient (Wildman–Crippen LogP) is 2.87. The number of hydrogen-bond acceptors (Lipinski definition) is 3. The maximum Gasteiger partial charge on any atom is 0.0992 e. The van der Waals surface area contributed by atoms with Gasteiger partial charge in [-0.2, -0.15) is 5.26 Å². The number of nitrogens with one attached hydrogen (secondary N) is 2. The third-order valence-corrected chi connectivity index (χ3v) is 3.64.